The fourth-order valence-corrected chi connectivity index (χ4v) is 3.94. The van der Waals surface area contributed by atoms with E-state index < -0.39 is 17.6 Å². The smallest absolute Gasteiger partial charge is 0.416 e. The van der Waals surface area contributed by atoms with Crippen molar-refractivity contribution in [3.8, 4) is 5.75 Å². The molecule has 154 valence electrons. The van der Waals surface area contributed by atoms with Gasteiger partial charge in [-0.3, -0.25) is 9.69 Å². The van der Waals surface area contributed by atoms with Crippen LogP contribution < -0.4 is 9.64 Å². The third kappa shape index (κ3) is 3.88. The lowest BCUT2D eigenvalue weighted by molar-refractivity contribution is -0.137. The first-order valence-electron chi connectivity index (χ1n) is 8.82. The van der Waals surface area contributed by atoms with Gasteiger partial charge in [-0.1, -0.05) is 23.5 Å². The Morgan fingerprint density at radius 1 is 1.17 bits per heavy atom. The van der Waals surface area contributed by atoms with Gasteiger partial charge in [0.25, 0.3) is 5.91 Å². The summed E-state index contributed by atoms with van der Waals surface area (Å²) in [6.45, 7) is 0.0181. The molecule has 0 atom stereocenters. The van der Waals surface area contributed by atoms with Gasteiger partial charge in [0.05, 0.1) is 30.2 Å². The molecule has 2 aromatic heterocycles. The Hall–Kier alpha value is -3.33. The number of ether oxygens (including phenoxy) is 1. The lowest BCUT2D eigenvalue weighted by atomic mass is 10.1. The number of amides is 1. The zero-order chi connectivity index (χ0) is 21.3. The van der Waals surface area contributed by atoms with Crippen molar-refractivity contribution in [2.75, 3.05) is 12.0 Å². The minimum atomic E-state index is -4.55. The molecule has 4 aromatic rings. The molecular formula is C21H15F3N2O3S. The molecule has 2 heterocycles. The minimum absolute atomic E-state index is 0.0181. The van der Waals surface area contributed by atoms with E-state index in [1.54, 1.807) is 24.3 Å². The van der Waals surface area contributed by atoms with Crippen molar-refractivity contribution >= 4 is 32.6 Å². The number of aromatic nitrogens is 1. The van der Waals surface area contributed by atoms with Crippen LogP contribution in [0.25, 0.3) is 10.2 Å². The Bertz CT molecular complexity index is 1190. The number of thiazole rings is 1. The Labute approximate surface area is 173 Å². The molecular weight excluding hydrogens is 417 g/mol. The van der Waals surface area contributed by atoms with Crippen LogP contribution in [0.2, 0.25) is 0 Å². The SMILES string of the molecule is COc1cccc2sc(N(Cc3ccco3)C(=O)c3cccc(C(F)(F)F)c3)nc12. The summed E-state index contributed by atoms with van der Waals surface area (Å²) in [4.78, 5) is 19.1. The van der Waals surface area contributed by atoms with E-state index >= 15 is 0 Å². The number of carbonyl (C=O) groups excluding carboxylic acids is 1. The van der Waals surface area contributed by atoms with Gasteiger partial charge in [0.2, 0.25) is 0 Å². The first-order chi connectivity index (χ1) is 14.4. The normalized spacial score (nSPS) is 11.6. The molecule has 0 saturated heterocycles. The van der Waals surface area contributed by atoms with E-state index in [9.17, 15) is 18.0 Å². The van der Waals surface area contributed by atoms with Crippen LogP contribution in [0.5, 0.6) is 5.75 Å². The van der Waals surface area contributed by atoms with Crippen molar-refractivity contribution in [3.05, 3.63) is 77.7 Å². The molecule has 1 amide bonds. The first-order valence-corrected chi connectivity index (χ1v) is 9.63. The van der Waals surface area contributed by atoms with Crippen LogP contribution in [0.1, 0.15) is 21.7 Å². The summed E-state index contributed by atoms with van der Waals surface area (Å²) >= 11 is 1.24. The van der Waals surface area contributed by atoms with Crippen molar-refractivity contribution in [3.63, 3.8) is 0 Å². The maximum absolute atomic E-state index is 13.2. The largest absolute Gasteiger partial charge is 0.494 e. The second-order valence-electron chi connectivity index (χ2n) is 6.35. The quantitative estimate of drug-likeness (QED) is 0.402. The van der Waals surface area contributed by atoms with E-state index in [1.165, 1.54) is 41.7 Å². The molecule has 4 rings (SSSR count). The summed E-state index contributed by atoms with van der Waals surface area (Å²) in [5.74, 6) is 0.400. The number of furan rings is 1. The standard InChI is InChI=1S/C21H15F3N2O3S/c1-28-16-8-3-9-17-18(16)25-20(30-17)26(12-15-7-4-10-29-15)19(27)13-5-2-6-14(11-13)21(22,23)24/h2-11H,12H2,1H3. The summed E-state index contributed by atoms with van der Waals surface area (Å²) < 4.78 is 50.8. The number of fused-ring (bicyclic) bond motifs is 1. The molecule has 0 bridgehead atoms. The fourth-order valence-electron chi connectivity index (χ4n) is 2.96. The topological polar surface area (TPSA) is 55.6 Å². The first kappa shape index (κ1) is 20.0. The van der Waals surface area contributed by atoms with Gasteiger partial charge >= 0.3 is 6.18 Å². The zero-order valence-corrected chi connectivity index (χ0v) is 16.5. The molecule has 0 aliphatic heterocycles. The molecule has 0 N–H and O–H groups in total. The number of hydrogen-bond donors (Lipinski definition) is 0. The molecule has 0 fully saturated rings. The Morgan fingerprint density at radius 2 is 1.97 bits per heavy atom. The lowest BCUT2D eigenvalue weighted by Gasteiger charge is -2.19. The average molecular weight is 432 g/mol. The molecule has 0 saturated carbocycles. The van der Waals surface area contributed by atoms with E-state index in [0.717, 1.165) is 16.8 Å². The summed E-state index contributed by atoms with van der Waals surface area (Å²) in [6, 6.07) is 13.1. The summed E-state index contributed by atoms with van der Waals surface area (Å²) in [5, 5.41) is 0.327. The minimum Gasteiger partial charge on any atom is -0.494 e. The van der Waals surface area contributed by atoms with E-state index in [-0.39, 0.29) is 12.1 Å². The summed E-state index contributed by atoms with van der Waals surface area (Å²) in [6.07, 6.45) is -3.09. The van der Waals surface area contributed by atoms with Gasteiger partial charge in [0, 0.05) is 5.56 Å². The zero-order valence-electron chi connectivity index (χ0n) is 15.6. The predicted molar refractivity (Wildman–Crippen MR) is 107 cm³/mol. The van der Waals surface area contributed by atoms with Gasteiger partial charge in [-0.05, 0) is 42.5 Å². The van der Waals surface area contributed by atoms with Crippen LogP contribution in [-0.4, -0.2) is 18.0 Å². The van der Waals surface area contributed by atoms with Gasteiger partial charge in [-0.2, -0.15) is 13.2 Å². The fraction of sp³-hybridized carbons (Fsp3) is 0.143. The number of hydrogen-bond acceptors (Lipinski definition) is 5. The van der Waals surface area contributed by atoms with Gasteiger partial charge in [-0.25, -0.2) is 4.98 Å². The maximum Gasteiger partial charge on any atom is 0.416 e. The number of methoxy groups -OCH3 is 1. The Balaban J connectivity index is 1.78. The van der Waals surface area contributed by atoms with Crippen LogP contribution in [0, 0.1) is 0 Å². The molecule has 5 nitrogen and oxygen atoms in total. The predicted octanol–water partition coefficient (Wildman–Crippen LogP) is 5.76. The number of carbonyl (C=O) groups is 1. The number of nitrogens with zero attached hydrogens (tertiary/aromatic N) is 2. The van der Waals surface area contributed by atoms with E-state index in [4.69, 9.17) is 9.15 Å². The summed E-state index contributed by atoms with van der Waals surface area (Å²) in [5.41, 5.74) is -0.416. The van der Waals surface area contributed by atoms with Crippen molar-refractivity contribution in [1.82, 2.24) is 4.98 Å². The van der Waals surface area contributed by atoms with Crippen molar-refractivity contribution in [2.45, 2.75) is 12.7 Å². The third-order valence-electron chi connectivity index (χ3n) is 4.40. The summed E-state index contributed by atoms with van der Waals surface area (Å²) in [7, 11) is 1.52. The number of benzene rings is 2. The molecule has 0 aliphatic carbocycles. The van der Waals surface area contributed by atoms with Crippen LogP contribution in [-0.2, 0) is 12.7 Å². The number of alkyl halides is 3. The van der Waals surface area contributed by atoms with Crippen LogP contribution in [0.15, 0.2) is 65.3 Å². The van der Waals surface area contributed by atoms with Crippen LogP contribution in [0.4, 0.5) is 18.3 Å². The highest BCUT2D eigenvalue weighted by Gasteiger charge is 2.32. The number of anilines is 1. The van der Waals surface area contributed by atoms with E-state index in [2.05, 4.69) is 4.98 Å². The molecule has 0 spiro atoms. The monoisotopic (exact) mass is 432 g/mol. The molecule has 9 heteroatoms. The highest BCUT2D eigenvalue weighted by molar-refractivity contribution is 7.22. The number of para-hydroxylation sites is 1. The second-order valence-corrected chi connectivity index (χ2v) is 7.36. The molecule has 0 aliphatic rings. The van der Waals surface area contributed by atoms with Crippen molar-refractivity contribution < 1.29 is 27.1 Å². The molecule has 2 aromatic carbocycles. The van der Waals surface area contributed by atoms with Crippen LogP contribution in [0.3, 0.4) is 0 Å². The molecule has 30 heavy (non-hydrogen) atoms. The number of halogens is 3. The molecule has 0 radical (unpaired) electrons. The van der Waals surface area contributed by atoms with E-state index in [1.807, 2.05) is 6.07 Å². The van der Waals surface area contributed by atoms with Gasteiger partial charge in [-0.15, -0.1) is 0 Å². The van der Waals surface area contributed by atoms with Gasteiger partial charge < -0.3 is 9.15 Å². The van der Waals surface area contributed by atoms with E-state index in [0.29, 0.717) is 22.2 Å². The van der Waals surface area contributed by atoms with Crippen molar-refractivity contribution in [1.29, 1.82) is 0 Å². The average Bonchev–Trinajstić information content (AvgIpc) is 3.40. The lowest BCUT2D eigenvalue weighted by Crippen LogP contribution is -2.30. The highest BCUT2D eigenvalue weighted by Crippen LogP contribution is 2.36. The van der Waals surface area contributed by atoms with Gasteiger partial charge in [0.1, 0.15) is 17.0 Å². The highest BCUT2D eigenvalue weighted by atomic mass is 32.1. The maximum atomic E-state index is 13.2. The Kier molecular flexibility index (Phi) is 5.21. The number of rotatable bonds is 5. The van der Waals surface area contributed by atoms with Crippen LogP contribution >= 0.6 is 11.3 Å². The third-order valence-corrected chi connectivity index (χ3v) is 5.44. The van der Waals surface area contributed by atoms with Gasteiger partial charge in [0.15, 0.2) is 5.13 Å². The Morgan fingerprint density at radius 3 is 2.67 bits per heavy atom. The molecule has 0 unspecified atom stereocenters. The second kappa shape index (κ2) is 7.83. The van der Waals surface area contributed by atoms with Crippen molar-refractivity contribution in [2.24, 2.45) is 0 Å².